The monoisotopic (exact) mass is 318 g/mol. The molecule has 2 aromatic rings. The maximum atomic E-state index is 13.6. The highest BCUT2D eigenvalue weighted by Gasteiger charge is 2.12. The van der Waals surface area contributed by atoms with Gasteiger partial charge in [-0.15, -0.1) is 0 Å². The molecule has 4 nitrogen and oxygen atoms in total. The van der Waals surface area contributed by atoms with Gasteiger partial charge in [0.1, 0.15) is 11.6 Å². The summed E-state index contributed by atoms with van der Waals surface area (Å²) in [6.07, 6.45) is 0. The predicted molar refractivity (Wildman–Crippen MR) is 80.3 cm³/mol. The summed E-state index contributed by atoms with van der Waals surface area (Å²) in [5.74, 6) is -0.740. The van der Waals surface area contributed by atoms with Crippen LogP contribution < -0.4 is 10.1 Å². The zero-order valence-corrected chi connectivity index (χ0v) is 12.4. The van der Waals surface area contributed by atoms with Gasteiger partial charge in [0.25, 0.3) is 5.91 Å². The van der Waals surface area contributed by atoms with Gasteiger partial charge in [-0.05, 0) is 35.9 Å². The number of rotatable bonds is 4. The van der Waals surface area contributed by atoms with Crippen LogP contribution in [0.5, 0.6) is 5.75 Å². The molecule has 2 aromatic carbocycles. The lowest BCUT2D eigenvalue weighted by Gasteiger charge is -2.08. The van der Waals surface area contributed by atoms with Gasteiger partial charge in [-0.25, -0.2) is 4.39 Å². The number of methoxy groups -OCH3 is 1. The van der Waals surface area contributed by atoms with Crippen LogP contribution in [0.1, 0.15) is 21.5 Å². The summed E-state index contributed by atoms with van der Waals surface area (Å²) >= 11 is 5.99. The van der Waals surface area contributed by atoms with Crippen molar-refractivity contribution in [2.24, 2.45) is 0 Å². The van der Waals surface area contributed by atoms with Crippen LogP contribution in [0.25, 0.3) is 0 Å². The molecule has 0 saturated heterocycles. The summed E-state index contributed by atoms with van der Waals surface area (Å²) in [6.45, 7) is 0.179. The number of carbonyl (C=O) groups is 1. The van der Waals surface area contributed by atoms with Crippen LogP contribution in [0.3, 0.4) is 0 Å². The van der Waals surface area contributed by atoms with E-state index in [0.717, 1.165) is 11.6 Å². The first-order valence-electron chi connectivity index (χ1n) is 6.35. The Morgan fingerprint density at radius 2 is 2.14 bits per heavy atom. The van der Waals surface area contributed by atoms with Crippen molar-refractivity contribution < 1.29 is 13.9 Å². The molecule has 6 heteroatoms. The molecule has 22 heavy (non-hydrogen) atoms. The maximum absolute atomic E-state index is 13.6. The fourth-order valence-corrected chi connectivity index (χ4v) is 2.15. The van der Waals surface area contributed by atoms with Crippen LogP contribution in [0, 0.1) is 17.1 Å². The van der Waals surface area contributed by atoms with E-state index in [0.29, 0.717) is 10.8 Å². The Balaban J connectivity index is 2.10. The number of ether oxygens (including phenoxy) is 1. The Labute approximate surface area is 132 Å². The summed E-state index contributed by atoms with van der Waals surface area (Å²) in [4.78, 5) is 12.0. The highest BCUT2D eigenvalue weighted by Crippen LogP contribution is 2.24. The molecule has 0 fully saturated rings. The van der Waals surface area contributed by atoms with E-state index in [-0.39, 0.29) is 17.7 Å². The fourth-order valence-electron chi connectivity index (χ4n) is 1.87. The summed E-state index contributed by atoms with van der Waals surface area (Å²) < 4.78 is 18.7. The number of nitrogens with one attached hydrogen (secondary N) is 1. The van der Waals surface area contributed by atoms with Gasteiger partial charge in [0.2, 0.25) is 0 Å². The smallest absolute Gasteiger partial charge is 0.254 e. The topological polar surface area (TPSA) is 62.1 Å². The molecular formula is C16H12ClFN2O2. The summed E-state index contributed by atoms with van der Waals surface area (Å²) in [5, 5.41) is 11.8. The molecule has 0 radical (unpaired) electrons. The van der Waals surface area contributed by atoms with E-state index in [1.165, 1.54) is 19.2 Å². The van der Waals surface area contributed by atoms with Gasteiger partial charge in [0.05, 0.1) is 29.3 Å². The number of hydrogen-bond acceptors (Lipinski definition) is 3. The van der Waals surface area contributed by atoms with Crippen molar-refractivity contribution in [3.05, 3.63) is 63.9 Å². The third kappa shape index (κ3) is 3.54. The standard InChI is InChI=1S/C16H12ClFN2O2/c1-22-15-5-3-11(7-13(15)17)9-20-16(21)12-6-10(8-19)2-4-14(12)18/h2-7H,9H2,1H3,(H,20,21). The Hall–Kier alpha value is -2.58. The van der Waals surface area contributed by atoms with E-state index in [1.54, 1.807) is 18.2 Å². The van der Waals surface area contributed by atoms with Gasteiger partial charge in [-0.2, -0.15) is 5.26 Å². The van der Waals surface area contributed by atoms with Gasteiger partial charge >= 0.3 is 0 Å². The molecule has 2 rings (SSSR count). The fraction of sp³-hybridized carbons (Fsp3) is 0.125. The molecular weight excluding hydrogens is 307 g/mol. The molecule has 1 amide bonds. The molecule has 0 aliphatic rings. The van der Waals surface area contributed by atoms with Crippen molar-refractivity contribution in [2.45, 2.75) is 6.54 Å². The molecule has 0 aliphatic heterocycles. The first-order chi connectivity index (χ1) is 10.5. The van der Waals surface area contributed by atoms with Gasteiger partial charge in [0.15, 0.2) is 0 Å². The molecule has 0 aliphatic carbocycles. The minimum absolute atomic E-state index is 0.168. The predicted octanol–water partition coefficient (Wildman–Crippen LogP) is 3.29. The van der Waals surface area contributed by atoms with E-state index in [2.05, 4.69) is 5.32 Å². The van der Waals surface area contributed by atoms with Crippen LogP contribution in [0.15, 0.2) is 36.4 Å². The second-order valence-corrected chi connectivity index (χ2v) is 4.87. The lowest BCUT2D eigenvalue weighted by atomic mass is 10.1. The zero-order chi connectivity index (χ0) is 16.1. The average Bonchev–Trinajstić information content (AvgIpc) is 2.53. The number of halogens is 2. The number of hydrogen-bond donors (Lipinski definition) is 1. The van der Waals surface area contributed by atoms with Crippen molar-refractivity contribution in [3.63, 3.8) is 0 Å². The third-order valence-corrected chi connectivity index (χ3v) is 3.30. The lowest BCUT2D eigenvalue weighted by molar-refractivity contribution is 0.0947. The van der Waals surface area contributed by atoms with Crippen molar-refractivity contribution in [1.29, 1.82) is 5.26 Å². The maximum Gasteiger partial charge on any atom is 0.254 e. The molecule has 1 N–H and O–H groups in total. The number of nitrogens with zero attached hydrogens (tertiary/aromatic N) is 1. The highest BCUT2D eigenvalue weighted by molar-refractivity contribution is 6.32. The summed E-state index contributed by atoms with van der Waals surface area (Å²) in [7, 11) is 1.51. The van der Waals surface area contributed by atoms with Gasteiger partial charge in [0, 0.05) is 6.54 Å². The van der Waals surface area contributed by atoms with Gasteiger partial charge in [-0.1, -0.05) is 17.7 Å². The Kier molecular flexibility index (Phi) is 4.97. The number of amides is 1. The molecule has 0 aromatic heterocycles. The van der Waals surface area contributed by atoms with Crippen LogP contribution in [-0.4, -0.2) is 13.0 Å². The Morgan fingerprint density at radius 1 is 1.36 bits per heavy atom. The van der Waals surface area contributed by atoms with E-state index < -0.39 is 11.7 Å². The lowest BCUT2D eigenvalue weighted by Crippen LogP contribution is -2.24. The van der Waals surface area contributed by atoms with Crippen LogP contribution in [-0.2, 0) is 6.54 Å². The average molecular weight is 319 g/mol. The Morgan fingerprint density at radius 3 is 2.77 bits per heavy atom. The quantitative estimate of drug-likeness (QED) is 0.941. The Bertz CT molecular complexity index is 756. The van der Waals surface area contributed by atoms with Crippen LogP contribution >= 0.6 is 11.6 Å². The van der Waals surface area contributed by atoms with Crippen molar-refractivity contribution in [1.82, 2.24) is 5.32 Å². The molecule has 0 bridgehead atoms. The normalized spacial score (nSPS) is 9.91. The zero-order valence-electron chi connectivity index (χ0n) is 11.7. The highest BCUT2D eigenvalue weighted by atomic mass is 35.5. The number of carbonyl (C=O) groups excluding carboxylic acids is 1. The summed E-state index contributed by atoms with van der Waals surface area (Å²) in [6, 6.07) is 10.6. The van der Waals surface area contributed by atoms with E-state index in [4.69, 9.17) is 21.6 Å². The van der Waals surface area contributed by atoms with Gasteiger partial charge in [-0.3, -0.25) is 4.79 Å². The van der Waals surface area contributed by atoms with E-state index in [1.807, 2.05) is 6.07 Å². The molecule has 0 spiro atoms. The van der Waals surface area contributed by atoms with Crippen molar-refractivity contribution in [2.75, 3.05) is 7.11 Å². The first kappa shape index (κ1) is 15.8. The largest absolute Gasteiger partial charge is 0.495 e. The van der Waals surface area contributed by atoms with Crippen LogP contribution in [0.2, 0.25) is 5.02 Å². The minimum atomic E-state index is -0.677. The number of benzene rings is 2. The van der Waals surface area contributed by atoms with Crippen LogP contribution in [0.4, 0.5) is 4.39 Å². The number of nitriles is 1. The molecule has 0 saturated carbocycles. The van der Waals surface area contributed by atoms with E-state index >= 15 is 0 Å². The van der Waals surface area contributed by atoms with Crippen molar-refractivity contribution >= 4 is 17.5 Å². The molecule has 0 unspecified atom stereocenters. The minimum Gasteiger partial charge on any atom is -0.495 e. The van der Waals surface area contributed by atoms with Crippen molar-refractivity contribution in [3.8, 4) is 11.8 Å². The molecule has 0 heterocycles. The molecule has 112 valence electrons. The second-order valence-electron chi connectivity index (χ2n) is 4.46. The summed E-state index contributed by atoms with van der Waals surface area (Å²) in [5.41, 5.74) is 0.800. The molecule has 0 atom stereocenters. The third-order valence-electron chi connectivity index (χ3n) is 3.01. The van der Waals surface area contributed by atoms with E-state index in [9.17, 15) is 9.18 Å². The second kappa shape index (κ2) is 6.92. The SMILES string of the molecule is COc1ccc(CNC(=O)c2cc(C#N)ccc2F)cc1Cl. The first-order valence-corrected chi connectivity index (χ1v) is 6.73. The van der Waals surface area contributed by atoms with Gasteiger partial charge < -0.3 is 10.1 Å².